The summed E-state index contributed by atoms with van der Waals surface area (Å²) in [5.41, 5.74) is 0.158. The molecule has 0 bridgehead atoms. The SMILES string of the molecule is COc1cccc(F)c1-c1nc(Cl)nc(NC(C)C)n1. The van der Waals surface area contributed by atoms with Gasteiger partial charge >= 0.3 is 0 Å². The van der Waals surface area contributed by atoms with Gasteiger partial charge in [-0.15, -0.1) is 0 Å². The van der Waals surface area contributed by atoms with Gasteiger partial charge < -0.3 is 10.1 Å². The summed E-state index contributed by atoms with van der Waals surface area (Å²) in [7, 11) is 1.45. The predicted molar refractivity (Wildman–Crippen MR) is 75.5 cm³/mol. The minimum Gasteiger partial charge on any atom is -0.496 e. The molecule has 0 saturated carbocycles. The second-order valence-corrected chi connectivity index (χ2v) is 4.71. The van der Waals surface area contributed by atoms with Crippen LogP contribution < -0.4 is 10.1 Å². The number of methoxy groups -OCH3 is 1. The number of rotatable bonds is 4. The minimum absolute atomic E-state index is 0.0107. The number of benzene rings is 1. The molecule has 0 aliphatic heterocycles. The van der Waals surface area contributed by atoms with Gasteiger partial charge in [0.15, 0.2) is 5.82 Å². The van der Waals surface area contributed by atoms with E-state index >= 15 is 0 Å². The Kier molecular flexibility index (Phi) is 4.34. The summed E-state index contributed by atoms with van der Waals surface area (Å²) < 4.78 is 19.1. The van der Waals surface area contributed by atoms with Crippen molar-refractivity contribution in [3.8, 4) is 17.1 Å². The number of hydrogen-bond acceptors (Lipinski definition) is 5. The first-order valence-corrected chi connectivity index (χ1v) is 6.40. The van der Waals surface area contributed by atoms with Crippen LogP contribution in [0.1, 0.15) is 13.8 Å². The first kappa shape index (κ1) is 14.5. The molecule has 1 N–H and O–H groups in total. The van der Waals surface area contributed by atoms with E-state index in [9.17, 15) is 4.39 Å². The predicted octanol–water partition coefficient (Wildman–Crippen LogP) is 3.16. The maximum absolute atomic E-state index is 14.0. The van der Waals surface area contributed by atoms with Gasteiger partial charge in [-0.25, -0.2) is 4.39 Å². The second-order valence-electron chi connectivity index (χ2n) is 4.37. The molecule has 7 heteroatoms. The maximum Gasteiger partial charge on any atom is 0.227 e. The fourth-order valence-electron chi connectivity index (χ4n) is 1.68. The molecule has 2 aromatic rings. The molecule has 0 spiro atoms. The molecule has 1 aromatic heterocycles. The molecule has 1 heterocycles. The van der Waals surface area contributed by atoms with Crippen LogP contribution in [0.4, 0.5) is 10.3 Å². The van der Waals surface area contributed by atoms with E-state index < -0.39 is 5.82 Å². The molecule has 106 valence electrons. The summed E-state index contributed by atoms with van der Waals surface area (Å²) in [6, 6.07) is 4.61. The number of nitrogens with zero attached hydrogens (tertiary/aromatic N) is 3. The third-order valence-corrected chi connectivity index (χ3v) is 2.61. The zero-order chi connectivity index (χ0) is 14.7. The van der Waals surface area contributed by atoms with Crippen LogP contribution in [-0.4, -0.2) is 28.1 Å². The van der Waals surface area contributed by atoms with Crippen molar-refractivity contribution >= 4 is 17.5 Å². The van der Waals surface area contributed by atoms with Crippen molar-refractivity contribution in [1.82, 2.24) is 15.0 Å². The molecule has 0 amide bonds. The van der Waals surface area contributed by atoms with Crippen LogP contribution in [-0.2, 0) is 0 Å². The molecule has 0 aliphatic carbocycles. The lowest BCUT2D eigenvalue weighted by molar-refractivity contribution is 0.413. The van der Waals surface area contributed by atoms with Crippen molar-refractivity contribution in [1.29, 1.82) is 0 Å². The molecular weight excluding hydrogens is 283 g/mol. The smallest absolute Gasteiger partial charge is 0.227 e. The highest BCUT2D eigenvalue weighted by Gasteiger charge is 2.16. The molecule has 0 saturated heterocycles. The van der Waals surface area contributed by atoms with Gasteiger partial charge in [-0.1, -0.05) is 6.07 Å². The van der Waals surface area contributed by atoms with Crippen LogP contribution in [0, 0.1) is 5.82 Å². The second kappa shape index (κ2) is 6.00. The van der Waals surface area contributed by atoms with E-state index in [0.717, 1.165) is 0 Å². The number of nitrogens with one attached hydrogen (secondary N) is 1. The molecule has 0 atom stereocenters. The van der Waals surface area contributed by atoms with Crippen LogP contribution in [0.3, 0.4) is 0 Å². The van der Waals surface area contributed by atoms with Gasteiger partial charge in [0.1, 0.15) is 11.6 Å². The lowest BCUT2D eigenvalue weighted by Crippen LogP contribution is -2.13. The lowest BCUT2D eigenvalue weighted by Gasteiger charge is -2.11. The van der Waals surface area contributed by atoms with Crippen molar-refractivity contribution in [3.05, 3.63) is 29.3 Å². The van der Waals surface area contributed by atoms with Gasteiger partial charge in [0.05, 0.1) is 12.7 Å². The van der Waals surface area contributed by atoms with Gasteiger partial charge in [-0.05, 0) is 37.6 Å². The largest absolute Gasteiger partial charge is 0.496 e. The number of hydrogen-bond donors (Lipinski definition) is 1. The zero-order valence-electron chi connectivity index (χ0n) is 11.3. The molecule has 0 aliphatic rings. The summed E-state index contributed by atoms with van der Waals surface area (Å²) >= 11 is 5.87. The van der Waals surface area contributed by atoms with E-state index in [4.69, 9.17) is 16.3 Å². The minimum atomic E-state index is -0.484. The van der Waals surface area contributed by atoms with Gasteiger partial charge in [-0.3, -0.25) is 0 Å². The quantitative estimate of drug-likeness (QED) is 0.939. The summed E-state index contributed by atoms with van der Waals surface area (Å²) in [5, 5.41) is 2.99. The van der Waals surface area contributed by atoms with Gasteiger partial charge in [0.2, 0.25) is 11.2 Å². The van der Waals surface area contributed by atoms with E-state index in [1.165, 1.54) is 13.2 Å². The fraction of sp³-hybridized carbons (Fsp3) is 0.308. The van der Waals surface area contributed by atoms with Crippen molar-refractivity contribution in [2.24, 2.45) is 0 Å². The molecule has 1 aromatic carbocycles. The molecule has 0 radical (unpaired) electrons. The Morgan fingerprint density at radius 1 is 1.25 bits per heavy atom. The highest BCUT2D eigenvalue weighted by molar-refractivity contribution is 6.28. The Hall–Kier alpha value is -1.95. The monoisotopic (exact) mass is 296 g/mol. The summed E-state index contributed by atoms with van der Waals surface area (Å²) in [6.07, 6.45) is 0. The topological polar surface area (TPSA) is 59.9 Å². The number of ether oxygens (including phenoxy) is 1. The molecule has 0 unspecified atom stereocenters. The van der Waals surface area contributed by atoms with Gasteiger partial charge in [0.25, 0.3) is 0 Å². The highest BCUT2D eigenvalue weighted by atomic mass is 35.5. The Balaban J connectivity index is 2.55. The van der Waals surface area contributed by atoms with Crippen molar-refractivity contribution in [2.45, 2.75) is 19.9 Å². The molecule has 2 rings (SSSR count). The van der Waals surface area contributed by atoms with Crippen LogP contribution in [0.15, 0.2) is 18.2 Å². The third kappa shape index (κ3) is 3.14. The van der Waals surface area contributed by atoms with E-state index in [2.05, 4.69) is 20.3 Å². The zero-order valence-corrected chi connectivity index (χ0v) is 12.1. The first-order chi connectivity index (χ1) is 9.51. The number of halogens is 2. The fourth-order valence-corrected chi connectivity index (χ4v) is 1.84. The standard InChI is InChI=1S/C13H14ClFN4O/c1-7(2)16-13-18-11(17-12(14)19-13)10-8(15)5-4-6-9(10)20-3/h4-7H,1-3H3,(H,16,17,18,19). The van der Waals surface area contributed by atoms with Crippen molar-refractivity contribution in [3.63, 3.8) is 0 Å². The molecule has 20 heavy (non-hydrogen) atoms. The first-order valence-electron chi connectivity index (χ1n) is 6.02. The average molecular weight is 297 g/mol. The van der Waals surface area contributed by atoms with E-state index in [1.54, 1.807) is 12.1 Å². The summed E-state index contributed by atoms with van der Waals surface area (Å²) in [6.45, 7) is 3.86. The van der Waals surface area contributed by atoms with Crippen LogP contribution in [0.5, 0.6) is 5.75 Å². The maximum atomic E-state index is 14.0. The highest BCUT2D eigenvalue weighted by Crippen LogP contribution is 2.30. The number of anilines is 1. The molecular formula is C13H14ClFN4O. The average Bonchev–Trinajstić information content (AvgIpc) is 2.36. The number of aromatic nitrogens is 3. The summed E-state index contributed by atoms with van der Waals surface area (Å²) in [4.78, 5) is 12.1. The van der Waals surface area contributed by atoms with Gasteiger partial charge in [-0.2, -0.15) is 15.0 Å². The Labute approximate surface area is 121 Å². The van der Waals surface area contributed by atoms with Crippen LogP contribution in [0.25, 0.3) is 11.4 Å². The van der Waals surface area contributed by atoms with E-state index in [-0.39, 0.29) is 22.7 Å². The third-order valence-electron chi connectivity index (χ3n) is 2.44. The Morgan fingerprint density at radius 2 is 2.00 bits per heavy atom. The Bertz CT molecular complexity index is 621. The van der Waals surface area contributed by atoms with E-state index in [0.29, 0.717) is 11.7 Å². The Morgan fingerprint density at radius 3 is 2.65 bits per heavy atom. The van der Waals surface area contributed by atoms with Crippen LogP contribution >= 0.6 is 11.6 Å². The van der Waals surface area contributed by atoms with Crippen molar-refractivity contribution in [2.75, 3.05) is 12.4 Å². The summed E-state index contributed by atoms with van der Waals surface area (Å²) in [5.74, 6) is 0.272. The van der Waals surface area contributed by atoms with Crippen LogP contribution in [0.2, 0.25) is 5.28 Å². The molecule has 0 fully saturated rings. The van der Waals surface area contributed by atoms with Gasteiger partial charge in [0, 0.05) is 6.04 Å². The van der Waals surface area contributed by atoms with Crippen molar-refractivity contribution < 1.29 is 9.13 Å². The molecule has 5 nitrogen and oxygen atoms in total. The normalized spacial score (nSPS) is 10.7. The van der Waals surface area contributed by atoms with E-state index in [1.807, 2.05) is 13.8 Å². The lowest BCUT2D eigenvalue weighted by atomic mass is 10.1.